The molecule has 0 aromatic heterocycles. The monoisotopic (exact) mass is 355 g/mol. The number of ketones is 1. The maximum absolute atomic E-state index is 12.3. The molecule has 3 rings (SSSR count). The molecule has 1 amide bonds. The Morgan fingerprint density at radius 2 is 1.81 bits per heavy atom. The number of amides is 1. The summed E-state index contributed by atoms with van der Waals surface area (Å²) in [6, 6.07) is 14.2. The van der Waals surface area contributed by atoms with E-state index in [4.69, 9.17) is 14.2 Å². The molecule has 0 saturated carbocycles. The number of ether oxygens (including phenoxy) is 3. The molecule has 0 spiro atoms. The first-order valence-electron chi connectivity index (χ1n) is 8.39. The number of benzene rings is 2. The van der Waals surface area contributed by atoms with Crippen LogP contribution in [0.4, 0.5) is 0 Å². The van der Waals surface area contributed by atoms with Crippen LogP contribution in [-0.2, 0) is 4.79 Å². The zero-order chi connectivity index (χ0) is 18.5. The van der Waals surface area contributed by atoms with Gasteiger partial charge in [0.15, 0.2) is 30.0 Å². The van der Waals surface area contributed by atoms with Crippen LogP contribution in [0.1, 0.15) is 17.3 Å². The Bertz CT molecular complexity index is 787. The highest BCUT2D eigenvalue weighted by atomic mass is 16.6. The molecule has 0 N–H and O–H groups in total. The van der Waals surface area contributed by atoms with Gasteiger partial charge in [0.25, 0.3) is 5.91 Å². The summed E-state index contributed by atoms with van der Waals surface area (Å²) in [6.45, 7) is 2.21. The number of hydrogen-bond acceptors (Lipinski definition) is 5. The fourth-order valence-corrected chi connectivity index (χ4v) is 2.60. The number of Topliss-reactive ketones (excluding diaryl/α,β-unsaturated/α-hetero) is 1. The second kappa shape index (κ2) is 7.91. The second-order valence-electron chi connectivity index (χ2n) is 6.14. The van der Waals surface area contributed by atoms with E-state index < -0.39 is 0 Å². The van der Waals surface area contributed by atoms with Crippen molar-refractivity contribution < 1.29 is 23.8 Å². The Balaban J connectivity index is 1.48. The first-order valence-corrected chi connectivity index (χ1v) is 8.39. The SMILES string of the molecule is CC(=O)c1ccc(OCC(=O)N(C)CC2COc3ccccc3O2)cc1. The van der Waals surface area contributed by atoms with Gasteiger partial charge in [0.05, 0.1) is 6.54 Å². The first kappa shape index (κ1) is 17.8. The van der Waals surface area contributed by atoms with Gasteiger partial charge in [-0.2, -0.15) is 0 Å². The van der Waals surface area contributed by atoms with E-state index in [0.717, 1.165) is 5.75 Å². The van der Waals surface area contributed by atoms with E-state index in [0.29, 0.717) is 30.2 Å². The summed E-state index contributed by atoms with van der Waals surface area (Å²) in [5.41, 5.74) is 0.607. The van der Waals surface area contributed by atoms with Gasteiger partial charge in [0.2, 0.25) is 0 Å². The molecule has 26 heavy (non-hydrogen) atoms. The molecule has 0 bridgehead atoms. The van der Waals surface area contributed by atoms with Crippen LogP contribution in [0.15, 0.2) is 48.5 Å². The van der Waals surface area contributed by atoms with Crippen molar-refractivity contribution >= 4 is 11.7 Å². The van der Waals surface area contributed by atoms with Crippen LogP contribution in [-0.4, -0.2) is 49.5 Å². The smallest absolute Gasteiger partial charge is 0.260 e. The van der Waals surface area contributed by atoms with Crippen molar-refractivity contribution in [3.05, 3.63) is 54.1 Å². The van der Waals surface area contributed by atoms with E-state index in [1.54, 1.807) is 36.2 Å². The van der Waals surface area contributed by atoms with E-state index in [1.807, 2.05) is 24.3 Å². The van der Waals surface area contributed by atoms with Crippen molar-refractivity contribution in [2.75, 3.05) is 26.8 Å². The molecule has 1 aliphatic rings. The molecule has 2 aromatic rings. The maximum Gasteiger partial charge on any atom is 0.260 e. The van der Waals surface area contributed by atoms with Crippen LogP contribution in [0, 0.1) is 0 Å². The molecular weight excluding hydrogens is 334 g/mol. The Morgan fingerprint density at radius 3 is 2.50 bits per heavy atom. The quantitative estimate of drug-likeness (QED) is 0.745. The van der Waals surface area contributed by atoms with E-state index in [2.05, 4.69) is 0 Å². The number of likely N-dealkylation sites (N-methyl/N-ethyl adjacent to an activating group) is 1. The van der Waals surface area contributed by atoms with Gasteiger partial charge in [0.1, 0.15) is 12.4 Å². The summed E-state index contributed by atoms with van der Waals surface area (Å²) in [5.74, 6) is 1.77. The van der Waals surface area contributed by atoms with Crippen molar-refractivity contribution in [1.82, 2.24) is 4.90 Å². The summed E-state index contributed by atoms with van der Waals surface area (Å²) in [5, 5.41) is 0. The summed E-state index contributed by atoms with van der Waals surface area (Å²) < 4.78 is 17.0. The minimum atomic E-state index is -0.228. The lowest BCUT2D eigenvalue weighted by atomic mass is 10.1. The summed E-state index contributed by atoms with van der Waals surface area (Å²) in [6.07, 6.45) is -0.228. The standard InChI is InChI=1S/C20H21NO5/c1-14(22)15-7-9-16(10-8-15)24-13-20(23)21(2)11-17-12-25-18-5-3-4-6-19(18)26-17/h3-10,17H,11-13H2,1-2H3. The molecule has 1 atom stereocenters. The van der Waals surface area contributed by atoms with Crippen molar-refractivity contribution in [3.8, 4) is 17.2 Å². The van der Waals surface area contributed by atoms with Crippen LogP contribution < -0.4 is 14.2 Å². The predicted molar refractivity (Wildman–Crippen MR) is 95.9 cm³/mol. The molecule has 0 fully saturated rings. The summed E-state index contributed by atoms with van der Waals surface area (Å²) in [7, 11) is 1.70. The highest BCUT2D eigenvalue weighted by Gasteiger charge is 2.23. The van der Waals surface area contributed by atoms with Crippen LogP contribution in [0.2, 0.25) is 0 Å². The fourth-order valence-electron chi connectivity index (χ4n) is 2.60. The highest BCUT2D eigenvalue weighted by Crippen LogP contribution is 2.30. The van der Waals surface area contributed by atoms with Gasteiger partial charge >= 0.3 is 0 Å². The lowest BCUT2D eigenvalue weighted by molar-refractivity contribution is -0.133. The van der Waals surface area contributed by atoms with Crippen LogP contribution >= 0.6 is 0 Å². The van der Waals surface area contributed by atoms with Crippen LogP contribution in [0.25, 0.3) is 0 Å². The second-order valence-corrected chi connectivity index (χ2v) is 6.14. The van der Waals surface area contributed by atoms with E-state index in [1.165, 1.54) is 6.92 Å². The molecule has 0 aliphatic carbocycles. The first-order chi connectivity index (χ1) is 12.5. The van der Waals surface area contributed by atoms with E-state index >= 15 is 0 Å². The molecule has 1 heterocycles. The normalized spacial score (nSPS) is 15.2. The van der Waals surface area contributed by atoms with Crippen LogP contribution in [0.5, 0.6) is 17.2 Å². The zero-order valence-electron chi connectivity index (χ0n) is 14.8. The third-order valence-corrected chi connectivity index (χ3v) is 4.09. The Kier molecular flexibility index (Phi) is 5.41. The number of rotatable bonds is 6. The van der Waals surface area contributed by atoms with Crippen LogP contribution in [0.3, 0.4) is 0 Å². The van der Waals surface area contributed by atoms with Crippen molar-refractivity contribution in [2.24, 2.45) is 0 Å². The molecule has 0 radical (unpaired) electrons. The maximum atomic E-state index is 12.3. The Labute approximate surface area is 152 Å². The topological polar surface area (TPSA) is 65.1 Å². The fraction of sp³-hybridized carbons (Fsp3) is 0.300. The number of para-hydroxylation sites is 2. The number of nitrogens with zero attached hydrogens (tertiary/aromatic N) is 1. The van der Waals surface area contributed by atoms with Gasteiger partial charge in [-0.25, -0.2) is 0 Å². The molecule has 6 nitrogen and oxygen atoms in total. The summed E-state index contributed by atoms with van der Waals surface area (Å²) >= 11 is 0. The Morgan fingerprint density at radius 1 is 1.12 bits per heavy atom. The number of carbonyl (C=O) groups is 2. The highest BCUT2D eigenvalue weighted by molar-refractivity contribution is 5.94. The van der Waals surface area contributed by atoms with E-state index in [9.17, 15) is 9.59 Å². The van der Waals surface area contributed by atoms with Crippen molar-refractivity contribution in [2.45, 2.75) is 13.0 Å². The molecule has 2 aromatic carbocycles. The zero-order valence-corrected chi connectivity index (χ0v) is 14.8. The molecule has 0 saturated heterocycles. The Hall–Kier alpha value is -3.02. The lowest BCUT2D eigenvalue weighted by Crippen LogP contribution is -2.43. The molecule has 136 valence electrons. The number of fused-ring (bicyclic) bond motifs is 1. The molecule has 1 unspecified atom stereocenters. The van der Waals surface area contributed by atoms with Crippen molar-refractivity contribution in [1.29, 1.82) is 0 Å². The molecule has 6 heteroatoms. The van der Waals surface area contributed by atoms with Gasteiger partial charge in [-0.3, -0.25) is 9.59 Å². The lowest BCUT2D eigenvalue weighted by Gasteiger charge is -2.29. The minimum absolute atomic E-state index is 0.0105. The van der Waals surface area contributed by atoms with Gasteiger partial charge in [-0.1, -0.05) is 12.1 Å². The minimum Gasteiger partial charge on any atom is -0.486 e. The third-order valence-electron chi connectivity index (χ3n) is 4.09. The van der Waals surface area contributed by atoms with Gasteiger partial charge < -0.3 is 19.1 Å². The number of hydrogen-bond donors (Lipinski definition) is 0. The van der Waals surface area contributed by atoms with Gasteiger partial charge in [-0.15, -0.1) is 0 Å². The molecule has 1 aliphatic heterocycles. The predicted octanol–water partition coefficient (Wildman–Crippen LogP) is 2.57. The largest absolute Gasteiger partial charge is 0.486 e. The third kappa shape index (κ3) is 4.33. The number of carbonyl (C=O) groups excluding carboxylic acids is 2. The summed E-state index contributed by atoms with van der Waals surface area (Å²) in [4.78, 5) is 25.1. The average molecular weight is 355 g/mol. The van der Waals surface area contributed by atoms with E-state index in [-0.39, 0.29) is 24.4 Å². The van der Waals surface area contributed by atoms with Gasteiger partial charge in [-0.05, 0) is 43.3 Å². The average Bonchev–Trinajstić information content (AvgIpc) is 2.66. The van der Waals surface area contributed by atoms with Crippen molar-refractivity contribution in [3.63, 3.8) is 0 Å². The molecular formula is C20H21NO5. The van der Waals surface area contributed by atoms with Gasteiger partial charge in [0, 0.05) is 12.6 Å².